The van der Waals surface area contributed by atoms with Gasteiger partial charge in [0, 0.05) is 30.9 Å². The van der Waals surface area contributed by atoms with Crippen LogP contribution in [0.1, 0.15) is 29.5 Å². The smallest absolute Gasteiger partial charge is 0.293 e. The highest BCUT2D eigenvalue weighted by Crippen LogP contribution is 2.34. The Labute approximate surface area is 178 Å². The van der Waals surface area contributed by atoms with Gasteiger partial charge in [-0.05, 0) is 66.4 Å². The first kappa shape index (κ1) is 20.2. The standard InChI is InChI=1S/C22H21N3O4S/c1-15-12-19(23-10-2-3-11-23)9-6-17(15)13-20-21(26)24(22(27)30-20)14-16-4-7-18(8-5-16)25(28)29/h4-9,12-13H,2-3,10-11,14H2,1H3/b20-13-. The van der Waals surface area contributed by atoms with Crippen LogP contribution in [0.2, 0.25) is 0 Å². The van der Waals surface area contributed by atoms with E-state index in [1.54, 1.807) is 18.2 Å². The summed E-state index contributed by atoms with van der Waals surface area (Å²) in [6, 6.07) is 12.0. The Kier molecular flexibility index (Phi) is 5.59. The summed E-state index contributed by atoms with van der Waals surface area (Å²) in [5, 5.41) is 10.4. The fourth-order valence-electron chi connectivity index (χ4n) is 3.68. The number of aryl methyl sites for hydroxylation is 1. The largest absolute Gasteiger partial charge is 0.372 e. The zero-order valence-electron chi connectivity index (χ0n) is 16.5. The molecule has 4 rings (SSSR count). The van der Waals surface area contributed by atoms with Crippen LogP contribution in [0.25, 0.3) is 6.08 Å². The lowest BCUT2D eigenvalue weighted by Gasteiger charge is -2.18. The minimum atomic E-state index is -0.482. The van der Waals surface area contributed by atoms with Gasteiger partial charge in [-0.25, -0.2) is 0 Å². The van der Waals surface area contributed by atoms with Crippen LogP contribution in [0.5, 0.6) is 0 Å². The molecule has 2 heterocycles. The Morgan fingerprint density at radius 2 is 1.80 bits per heavy atom. The van der Waals surface area contributed by atoms with Crippen molar-refractivity contribution in [1.82, 2.24) is 4.90 Å². The molecule has 0 saturated carbocycles. The third kappa shape index (κ3) is 4.09. The van der Waals surface area contributed by atoms with E-state index in [0.717, 1.165) is 36.0 Å². The average molecular weight is 423 g/mol. The maximum absolute atomic E-state index is 12.8. The van der Waals surface area contributed by atoms with Crippen LogP contribution in [-0.4, -0.2) is 34.1 Å². The van der Waals surface area contributed by atoms with Gasteiger partial charge in [0.1, 0.15) is 0 Å². The Hall–Kier alpha value is -3.13. The lowest BCUT2D eigenvalue weighted by molar-refractivity contribution is -0.384. The molecule has 0 spiro atoms. The van der Waals surface area contributed by atoms with Crippen LogP contribution in [0, 0.1) is 17.0 Å². The topological polar surface area (TPSA) is 83.8 Å². The third-order valence-corrected chi connectivity index (χ3v) is 6.28. The predicted molar refractivity (Wildman–Crippen MR) is 117 cm³/mol. The first-order chi connectivity index (χ1) is 14.4. The average Bonchev–Trinajstić information content (AvgIpc) is 3.35. The molecule has 2 amide bonds. The summed E-state index contributed by atoms with van der Waals surface area (Å²) >= 11 is 0.922. The van der Waals surface area contributed by atoms with E-state index in [0.29, 0.717) is 10.5 Å². The Morgan fingerprint density at radius 3 is 2.43 bits per heavy atom. The number of benzene rings is 2. The first-order valence-corrected chi connectivity index (χ1v) is 10.6. The molecule has 2 aromatic carbocycles. The predicted octanol–water partition coefficient (Wildman–Crippen LogP) is 4.74. The second-order valence-corrected chi connectivity index (χ2v) is 8.42. The summed E-state index contributed by atoms with van der Waals surface area (Å²) in [7, 11) is 0. The van der Waals surface area contributed by atoms with Gasteiger partial charge in [-0.1, -0.05) is 18.2 Å². The molecule has 2 saturated heterocycles. The van der Waals surface area contributed by atoms with Gasteiger partial charge in [-0.2, -0.15) is 0 Å². The van der Waals surface area contributed by atoms with Crippen LogP contribution >= 0.6 is 11.8 Å². The lowest BCUT2D eigenvalue weighted by atomic mass is 10.1. The number of carbonyl (C=O) groups is 2. The zero-order chi connectivity index (χ0) is 21.3. The minimum absolute atomic E-state index is 0.0272. The van der Waals surface area contributed by atoms with Gasteiger partial charge < -0.3 is 4.90 Å². The summed E-state index contributed by atoms with van der Waals surface area (Å²) in [5.74, 6) is -0.341. The number of hydrogen-bond acceptors (Lipinski definition) is 6. The number of imide groups is 1. The highest BCUT2D eigenvalue weighted by molar-refractivity contribution is 8.18. The van der Waals surface area contributed by atoms with Gasteiger partial charge in [-0.3, -0.25) is 24.6 Å². The Balaban J connectivity index is 1.50. The molecule has 2 fully saturated rings. The van der Waals surface area contributed by atoms with Crippen molar-refractivity contribution in [1.29, 1.82) is 0 Å². The molecule has 0 aromatic heterocycles. The van der Waals surface area contributed by atoms with Crippen molar-refractivity contribution < 1.29 is 14.5 Å². The molecule has 0 bridgehead atoms. The van der Waals surface area contributed by atoms with Crippen LogP contribution < -0.4 is 4.90 Å². The second kappa shape index (κ2) is 8.31. The number of hydrogen-bond donors (Lipinski definition) is 0. The van der Waals surface area contributed by atoms with Crippen molar-refractivity contribution in [3.63, 3.8) is 0 Å². The number of rotatable bonds is 5. The van der Waals surface area contributed by atoms with Crippen molar-refractivity contribution in [2.24, 2.45) is 0 Å². The van der Waals surface area contributed by atoms with Crippen LogP contribution in [0.4, 0.5) is 16.2 Å². The fraction of sp³-hybridized carbons (Fsp3) is 0.273. The monoisotopic (exact) mass is 423 g/mol. The number of nitro groups is 1. The van der Waals surface area contributed by atoms with Crippen molar-refractivity contribution >= 4 is 40.4 Å². The van der Waals surface area contributed by atoms with E-state index < -0.39 is 4.92 Å². The second-order valence-electron chi connectivity index (χ2n) is 7.43. The molecule has 2 aromatic rings. The SMILES string of the molecule is Cc1cc(N2CCCC2)ccc1/C=C1\SC(=O)N(Cc2ccc([N+](=O)[O-])cc2)C1=O. The number of carbonyl (C=O) groups excluding carboxylic acids is 2. The zero-order valence-corrected chi connectivity index (χ0v) is 17.4. The minimum Gasteiger partial charge on any atom is -0.372 e. The molecule has 7 nitrogen and oxygen atoms in total. The molecule has 2 aliphatic rings. The van der Waals surface area contributed by atoms with E-state index in [2.05, 4.69) is 17.0 Å². The summed E-state index contributed by atoms with van der Waals surface area (Å²) in [4.78, 5) is 39.4. The van der Waals surface area contributed by atoms with Gasteiger partial charge >= 0.3 is 0 Å². The number of thioether (sulfide) groups is 1. The molecule has 0 aliphatic carbocycles. The Bertz CT molecular complexity index is 1040. The lowest BCUT2D eigenvalue weighted by Crippen LogP contribution is -2.27. The normalized spacial score (nSPS) is 18.0. The van der Waals surface area contributed by atoms with Gasteiger partial charge in [0.15, 0.2) is 0 Å². The molecule has 0 N–H and O–H groups in total. The van der Waals surface area contributed by atoms with E-state index in [1.807, 2.05) is 13.0 Å². The highest BCUT2D eigenvalue weighted by Gasteiger charge is 2.35. The molecular weight excluding hydrogens is 402 g/mol. The summed E-state index contributed by atoms with van der Waals surface area (Å²) in [6.07, 6.45) is 4.19. The fourth-order valence-corrected chi connectivity index (χ4v) is 4.51. The van der Waals surface area contributed by atoms with Crippen molar-refractivity contribution in [3.8, 4) is 0 Å². The van der Waals surface area contributed by atoms with Crippen molar-refractivity contribution in [2.45, 2.75) is 26.3 Å². The highest BCUT2D eigenvalue weighted by atomic mass is 32.2. The number of amides is 2. The van der Waals surface area contributed by atoms with Gasteiger partial charge in [0.25, 0.3) is 16.8 Å². The Morgan fingerprint density at radius 1 is 1.10 bits per heavy atom. The van der Waals surface area contributed by atoms with E-state index in [9.17, 15) is 19.7 Å². The van der Waals surface area contributed by atoms with Crippen LogP contribution in [0.15, 0.2) is 47.4 Å². The quantitative estimate of drug-likeness (QED) is 0.392. The summed E-state index contributed by atoms with van der Waals surface area (Å²) in [6.45, 7) is 4.24. The van der Waals surface area contributed by atoms with E-state index >= 15 is 0 Å². The molecule has 0 unspecified atom stereocenters. The molecule has 154 valence electrons. The molecular formula is C22H21N3O4S. The van der Waals surface area contributed by atoms with Gasteiger partial charge in [0.2, 0.25) is 0 Å². The molecule has 2 aliphatic heterocycles. The van der Waals surface area contributed by atoms with Gasteiger partial charge in [0.05, 0.1) is 16.4 Å². The van der Waals surface area contributed by atoms with E-state index in [4.69, 9.17) is 0 Å². The molecule has 0 atom stereocenters. The first-order valence-electron chi connectivity index (χ1n) is 9.77. The third-order valence-electron chi connectivity index (χ3n) is 5.37. The number of nitrogens with zero attached hydrogens (tertiary/aromatic N) is 3. The molecule has 30 heavy (non-hydrogen) atoms. The molecule has 8 heteroatoms. The van der Waals surface area contributed by atoms with Crippen molar-refractivity contribution in [2.75, 3.05) is 18.0 Å². The summed E-state index contributed by atoms with van der Waals surface area (Å²) < 4.78 is 0. The van der Waals surface area contributed by atoms with Crippen molar-refractivity contribution in [3.05, 3.63) is 74.2 Å². The number of nitro benzene ring substituents is 1. The van der Waals surface area contributed by atoms with Crippen LogP contribution in [-0.2, 0) is 11.3 Å². The maximum atomic E-state index is 12.8. The number of anilines is 1. The maximum Gasteiger partial charge on any atom is 0.293 e. The van der Waals surface area contributed by atoms with Gasteiger partial charge in [-0.15, -0.1) is 0 Å². The molecule has 0 radical (unpaired) electrons. The van der Waals surface area contributed by atoms with E-state index in [1.165, 1.54) is 35.6 Å². The van der Waals surface area contributed by atoms with E-state index in [-0.39, 0.29) is 23.4 Å². The van der Waals surface area contributed by atoms with Crippen LogP contribution in [0.3, 0.4) is 0 Å². The summed E-state index contributed by atoms with van der Waals surface area (Å²) in [5.41, 5.74) is 3.80. The number of non-ortho nitro benzene ring substituents is 1.